The number of nitrogen functional groups attached to an aromatic ring is 1. The molecule has 0 bridgehead atoms. The normalized spacial score (nSPS) is 12.9. The summed E-state index contributed by atoms with van der Waals surface area (Å²) in [5, 5.41) is 14.8. The van der Waals surface area contributed by atoms with E-state index in [4.69, 9.17) is 22.4 Å². The summed E-state index contributed by atoms with van der Waals surface area (Å²) in [6, 6.07) is 1.13. The number of carbonyl (C=O) groups is 1. The molecule has 0 aliphatic rings. The molecule has 0 aliphatic carbocycles. The van der Waals surface area contributed by atoms with Crippen molar-refractivity contribution in [2.24, 2.45) is 7.05 Å². The Morgan fingerprint density at radius 3 is 2.75 bits per heavy atom. The number of nitrogens with zero attached hydrogens (tertiary/aromatic N) is 3. The number of pyridine rings is 1. The summed E-state index contributed by atoms with van der Waals surface area (Å²) in [7, 11) is 1.66. The Hall–Kier alpha value is -2.33. The van der Waals surface area contributed by atoms with Crippen molar-refractivity contribution in [1.82, 2.24) is 20.1 Å². The Balaban J connectivity index is 2.27. The molecule has 0 saturated carbocycles. The van der Waals surface area contributed by atoms with Crippen molar-refractivity contribution >= 4 is 23.2 Å². The zero-order valence-electron chi connectivity index (χ0n) is 12.3. The highest BCUT2D eigenvalue weighted by molar-refractivity contribution is 6.30. The van der Waals surface area contributed by atoms with E-state index in [1.165, 1.54) is 10.9 Å². The van der Waals surface area contributed by atoms with Crippen molar-refractivity contribution < 1.29 is 23.1 Å². The molecule has 0 aliphatic heterocycles. The number of hydrogen-bond acceptors (Lipinski definition) is 5. The lowest BCUT2D eigenvalue weighted by Gasteiger charge is -2.16. The third kappa shape index (κ3) is 3.95. The van der Waals surface area contributed by atoms with Gasteiger partial charge in [-0.25, -0.2) is 4.98 Å². The average molecular weight is 364 g/mol. The van der Waals surface area contributed by atoms with Gasteiger partial charge in [0.05, 0.1) is 29.7 Å². The number of nitrogens with two attached hydrogens (primary N) is 1. The van der Waals surface area contributed by atoms with E-state index in [0.717, 1.165) is 6.07 Å². The van der Waals surface area contributed by atoms with Crippen LogP contribution in [0, 0.1) is 0 Å². The number of alkyl halides is 3. The van der Waals surface area contributed by atoms with Gasteiger partial charge in [0.2, 0.25) is 0 Å². The number of halogens is 4. The van der Waals surface area contributed by atoms with E-state index in [0.29, 0.717) is 5.56 Å². The lowest BCUT2D eigenvalue weighted by molar-refractivity contribution is -0.201. The first-order valence-corrected chi connectivity index (χ1v) is 6.95. The van der Waals surface area contributed by atoms with Gasteiger partial charge in [0.15, 0.2) is 6.10 Å². The Labute approximate surface area is 139 Å². The highest BCUT2D eigenvalue weighted by atomic mass is 35.5. The molecule has 0 spiro atoms. The zero-order valence-corrected chi connectivity index (χ0v) is 13.1. The fourth-order valence-electron chi connectivity index (χ4n) is 1.88. The Morgan fingerprint density at radius 1 is 1.54 bits per heavy atom. The molecule has 0 fully saturated rings. The summed E-state index contributed by atoms with van der Waals surface area (Å²) < 4.78 is 38.3. The number of aryl methyl sites for hydroxylation is 1. The standard InChI is InChI=1S/C13H13ClF3N5O2/c1-22-5-6(3-20-22)11-10(18)7(2-9(14)21-11)12(24)19-4-8(23)13(15,16)17/h2-3,5,8,23H,4,18H2,1H3,(H,19,24). The van der Waals surface area contributed by atoms with Gasteiger partial charge in [-0.15, -0.1) is 0 Å². The molecule has 1 unspecified atom stereocenters. The molecule has 2 aromatic rings. The molecular formula is C13H13ClF3N5O2. The van der Waals surface area contributed by atoms with E-state index in [-0.39, 0.29) is 22.1 Å². The third-order valence-electron chi connectivity index (χ3n) is 3.08. The van der Waals surface area contributed by atoms with Crippen LogP contribution in [0.2, 0.25) is 5.15 Å². The molecule has 0 saturated heterocycles. The molecule has 130 valence electrons. The summed E-state index contributed by atoms with van der Waals surface area (Å²) in [6.45, 7) is -1.01. The van der Waals surface area contributed by atoms with Crippen LogP contribution in [0.25, 0.3) is 11.3 Å². The molecule has 1 atom stereocenters. The topological polar surface area (TPSA) is 106 Å². The molecule has 24 heavy (non-hydrogen) atoms. The van der Waals surface area contributed by atoms with Crippen LogP contribution in [0.4, 0.5) is 18.9 Å². The minimum atomic E-state index is -4.84. The molecule has 2 aromatic heterocycles. The van der Waals surface area contributed by atoms with E-state index in [1.54, 1.807) is 13.2 Å². The smallest absolute Gasteiger partial charge is 0.396 e. The second kappa shape index (κ2) is 6.65. The molecule has 0 radical (unpaired) electrons. The van der Waals surface area contributed by atoms with Crippen molar-refractivity contribution in [1.29, 1.82) is 0 Å². The summed E-state index contributed by atoms with van der Waals surface area (Å²) in [5.74, 6) is -0.912. The number of aliphatic hydroxyl groups excluding tert-OH is 1. The van der Waals surface area contributed by atoms with Gasteiger partial charge in [0.25, 0.3) is 5.91 Å². The number of aliphatic hydroxyl groups is 1. The van der Waals surface area contributed by atoms with E-state index >= 15 is 0 Å². The predicted molar refractivity (Wildman–Crippen MR) is 80.3 cm³/mol. The summed E-state index contributed by atoms with van der Waals surface area (Å²) in [5.41, 5.74) is 6.34. The summed E-state index contributed by atoms with van der Waals surface area (Å²) in [6.07, 6.45) is -4.48. The second-order valence-corrected chi connectivity index (χ2v) is 5.31. The van der Waals surface area contributed by atoms with Crippen molar-refractivity contribution in [2.75, 3.05) is 12.3 Å². The van der Waals surface area contributed by atoms with Crippen LogP contribution in [-0.4, -0.2) is 44.6 Å². The van der Waals surface area contributed by atoms with Crippen molar-refractivity contribution in [3.05, 3.63) is 29.2 Å². The molecule has 11 heteroatoms. The van der Waals surface area contributed by atoms with E-state index in [9.17, 15) is 18.0 Å². The molecule has 2 rings (SSSR count). The van der Waals surface area contributed by atoms with Crippen LogP contribution >= 0.6 is 11.6 Å². The van der Waals surface area contributed by atoms with Crippen molar-refractivity contribution in [2.45, 2.75) is 12.3 Å². The number of carbonyl (C=O) groups excluding carboxylic acids is 1. The van der Waals surface area contributed by atoms with Gasteiger partial charge in [-0.2, -0.15) is 18.3 Å². The van der Waals surface area contributed by atoms with Crippen molar-refractivity contribution in [3.63, 3.8) is 0 Å². The molecule has 4 N–H and O–H groups in total. The van der Waals surface area contributed by atoms with Gasteiger partial charge >= 0.3 is 6.18 Å². The summed E-state index contributed by atoms with van der Waals surface area (Å²) >= 11 is 5.85. The molecular weight excluding hydrogens is 351 g/mol. The van der Waals surface area contributed by atoms with Gasteiger partial charge in [-0.3, -0.25) is 9.48 Å². The lowest BCUT2D eigenvalue weighted by atomic mass is 10.1. The minimum absolute atomic E-state index is 0.0635. The van der Waals surface area contributed by atoms with E-state index < -0.39 is 24.7 Å². The first-order valence-electron chi connectivity index (χ1n) is 6.57. The second-order valence-electron chi connectivity index (χ2n) is 4.92. The largest absolute Gasteiger partial charge is 0.416 e. The number of aromatic nitrogens is 3. The molecule has 0 aromatic carbocycles. The van der Waals surface area contributed by atoms with Gasteiger partial charge in [0, 0.05) is 18.8 Å². The van der Waals surface area contributed by atoms with E-state index in [1.807, 2.05) is 5.32 Å². The van der Waals surface area contributed by atoms with Gasteiger partial charge in [-0.1, -0.05) is 11.6 Å². The monoisotopic (exact) mass is 363 g/mol. The fourth-order valence-corrected chi connectivity index (χ4v) is 2.07. The number of nitrogens with one attached hydrogen (secondary N) is 1. The lowest BCUT2D eigenvalue weighted by Crippen LogP contribution is -2.40. The van der Waals surface area contributed by atoms with Crippen molar-refractivity contribution in [3.8, 4) is 11.3 Å². The maximum Gasteiger partial charge on any atom is 0.416 e. The predicted octanol–water partition coefficient (Wildman–Crippen LogP) is 1.37. The van der Waals surface area contributed by atoms with Crippen LogP contribution in [-0.2, 0) is 7.05 Å². The number of rotatable bonds is 4. The highest BCUT2D eigenvalue weighted by Gasteiger charge is 2.38. The van der Waals surface area contributed by atoms with Gasteiger partial charge in [0.1, 0.15) is 5.15 Å². The third-order valence-corrected chi connectivity index (χ3v) is 3.28. The fraction of sp³-hybridized carbons (Fsp3) is 0.308. The molecule has 2 heterocycles. The number of anilines is 1. The number of hydrogen-bond donors (Lipinski definition) is 3. The maximum atomic E-state index is 12.3. The van der Waals surface area contributed by atoms with Crippen LogP contribution in [0.1, 0.15) is 10.4 Å². The first-order chi connectivity index (χ1) is 11.1. The quantitative estimate of drug-likeness (QED) is 0.711. The van der Waals surface area contributed by atoms with Crippen LogP contribution < -0.4 is 11.1 Å². The zero-order chi connectivity index (χ0) is 18.1. The minimum Gasteiger partial charge on any atom is -0.396 e. The number of amides is 1. The van der Waals surface area contributed by atoms with Crippen LogP contribution in [0.3, 0.4) is 0 Å². The highest BCUT2D eigenvalue weighted by Crippen LogP contribution is 2.29. The first kappa shape index (κ1) is 18.0. The van der Waals surface area contributed by atoms with E-state index in [2.05, 4.69) is 10.1 Å². The van der Waals surface area contributed by atoms with Gasteiger partial charge < -0.3 is 16.2 Å². The van der Waals surface area contributed by atoms with Crippen LogP contribution in [0.15, 0.2) is 18.5 Å². The average Bonchev–Trinajstić information content (AvgIpc) is 2.91. The molecule has 1 amide bonds. The van der Waals surface area contributed by atoms with Crippen LogP contribution in [0.5, 0.6) is 0 Å². The molecule has 7 nitrogen and oxygen atoms in total. The Morgan fingerprint density at radius 2 is 2.21 bits per heavy atom. The Kier molecular flexibility index (Phi) is 4.99. The summed E-state index contributed by atoms with van der Waals surface area (Å²) in [4.78, 5) is 16.1. The Bertz CT molecular complexity index is 763. The maximum absolute atomic E-state index is 12.3. The van der Waals surface area contributed by atoms with Gasteiger partial charge in [-0.05, 0) is 6.07 Å². The SMILES string of the molecule is Cn1cc(-c2nc(Cl)cc(C(=O)NCC(O)C(F)(F)F)c2N)cn1.